The topological polar surface area (TPSA) is 72.2 Å². The van der Waals surface area contributed by atoms with E-state index in [1.54, 1.807) is 44.6 Å². The van der Waals surface area contributed by atoms with E-state index in [0.717, 1.165) is 10.9 Å². The molecule has 26 heavy (non-hydrogen) atoms. The second-order valence-corrected chi connectivity index (χ2v) is 6.42. The number of nitriles is 1. The van der Waals surface area contributed by atoms with Crippen molar-refractivity contribution < 1.29 is 14.3 Å². The van der Waals surface area contributed by atoms with Crippen molar-refractivity contribution in [2.45, 2.75) is 5.03 Å². The van der Waals surface area contributed by atoms with Crippen LogP contribution < -0.4 is 9.47 Å². The molecule has 6 heteroatoms. The van der Waals surface area contributed by atoms with Crippen LogP contribution >= 0.6 is 11.8 Å². The van der Waals surface area contributed by atoms with Gasteiger partial charge in [-0.1, -0.05) is 23.9 Å². The molecule has 0 saturated heterocycles. The lowest BCUT2D eigenvalue weighted by Crippen LogP contribution is -2.03. The van der Waals surface area contributed by atoms with E-state index < -0.39 is 0 Å². The number of benzene rings is 2. The Morgan fingerprint density at radius 2 is 1.88 bits per heavy atom. The van der Waals surface area contributed by atoms with Crippen LogP contribution in [0.25, 0.3) is 10.9 Å². The van der Waals surface area contributed by atoms with Crippen molar-refractivity contribution in [1.29, 1.82) is 5.26 Å². The average Bonchev–Trinajstić information content (AvgIpc) is 2.70. The van der Waals surface area contributed by atoms with E-state index in [-0.39, 0.29) is 11.5 Å². The van der Waals surface area contributed by atoms with Gasteiger partial charge in [-0.25, -0.2) is 4.98 Å². The number of ketones is 1. The van der Waals surface area contributed by atoms with E-state index >= 15 is 0 Å². The van der Waals surface area contributed by atoms with Crippen LogP contribution in [0, 0.1) is 11.3 Å². The van der Waals surface area contributed by atoms with Crippen molar-refractivity contribution in [1.82, 2.24) is 4.98 Å². The Morgan fingerprint density at radius 3 is 2.62 bits per heavy atom. The predicted molar refractivity (Wildman–Crippen MR) is 101 cm³/mol. The average molecular weight is 364 g/mol. The number of carbonyl (C=O) groups is 1. The highest BCUT2D eigenvalue weighted by molar-refractivity contribution is 8.00. The molecule has 0 N–H and O–H groups in total. The summed E-state index contributed by atoms with van der Waals surface area (Å²) in [6, 6.07) is 16.4. The number of hydrogen-bond donors (Lipinski definition) is 0. The molecule has 0 atom stereocenters. The third-order valence-corrected chi connectivity index (χ3v) is 4.83. The Balaban J connectivity index is 1.85. The van der Waals surface area contributed by atoms with Crippen LogP contribution in [0.5, 0.6) is 11.5 Å². The lowest BCUT2D eigenvalue weighted by Gasteiger charge is -2.07. The molecule has 3 rings (SSSR count). The fourth-order valence-corrected chi connectivity index (χ4v) is 3.32. The number of pyridine rings is 1. The fourth-order valence-electron chi connectivity index (χ4n) is 2.46. The Kier molecular flexibility index (Phi) is 5.40. The third-order valence-electron chi connectivity index (χ3n) is 3.84. The molecule has 0 radical (unpaired) electrons. The summed E-state index contributed by atoms with van der Waals surface area (Å²) in [7, 11) is 3.15. The van der Waals surface area contributed by atoms with Gasteiger partial charge in [0.15, 0.2) is 5.78 Å². The van der Waals surface area contributed by atoms with Crippen molar-refractivity contribution in [2.75, 3.05) is 20.0 Å². The number of rotatable bonds is 6. The molecule has 0 aliphatic heterocycles. The molecule has 130 valence electrons. The van der Waals surface area contributed by atoms with Crippen LogP contribution in [0.4, 0.5) is 0 Å². The number of methoxy groups -OCH3 is 2. The van der Waals surface area contributed by atoms with E-state index in [1.165, 1.54) is 11.8 Å². The van der Waals surface area contributed by atoms with Crippen molar-refractivity contribution >= 4 is 28.4 Å². The lowest BCUT2D eigenvalue weighted by molar-refractivity contribution is 0.102. The van der Waals surface area contributed by atoms with Gasteiger partial charge in [0, 0.05) is 17.0 Å². The number of Topliss-reactive ketones (excluding diaryl/α,β-unsaturated/α-hetero) is 1. The van der Waals surface area contributed by atoms with Gasteiger partial charge < -0.3 is 9.47 Å². The Bertz CT molecular complexity index is 1010. The summed E-state index contributed by atoms with van der Waals surface area (Å²) in [6.07, 6.45) is 0. The van der Waals surface area contributed by atoms with Gasteiger partial charge in [0.2, 0.25) is 0 Å². The molecule has 0 fully saturated rings. The third kappa shape index (κ3) is 3.79. The first-order valence-electron chi connectivity index (χ1n) is 7.83. The second-order valence-electron chi connectivity index (χ2n) is 5.46. The molecular weight excluding hydrogens is 348 g/mol. The second kappa shape index (κ2) is 7.89. The minimum Gasteiger partial charge on any atom is -0.497 e. The Hall–Kier alpha value is -3.04. The summed E-state index contributed by atoms with van der Waals surface area (Å²) >= 11 is 1.25. The first kappa shape index (κ1) is 17.8. The van der Waals surface area contributed by atoms with Gasteiger partial charge in [0.1, 0.15) is 22.6 Å². The van der Waals surface area contributed by atoms with Gasteiger partial charge >= 0.3 is 0 Å². The van der Waals surface area contributed by atoms with Crippen LogP contribution in [0.2, 0.25) is 0 Å². The number of thioether (sulfide) groups is 1. The molecule has 0 saturated carbocycles. The smallest absolute Gasteiger partial charge is 0.173 e. The zero-order chi connectivity index (χ0) is 18.5. The van der Waals surface area contributed by atoms with Crippen LogP contribution in [-0.4, -0.2) is 30.7 Å². The fraction of sp³-hybridized carbons (Fsp3) is 0.150. The number of nitrogens with zero attached hydrogens (tertiary/aromatic N) is 2. The van der Waals surface area contributed by atoms with Crippen LogP contribution in [-0.2, 0) is 0 Å². The summed E-state index contributed by atoms with van der Waals surface area (Å²) in [6.45, 7) is 0. The molecule has 2 aromatic carbocycles. The van der Waals surface area contributed by atoms with E-state index in [9.17, 15) is 10.1 Å². The first-order chi connectivity index (χ1) is 12.6. The highest BCUT2D eigenvalue weighted by Gasteiger charge is 2.12. The summed E-state index contributed by atoms with van der Waals surface area (Å²) in [5, 5.41) is 10.8. The zero-order valence-electron chi connectivity index (χ0n) is 14.4. The molecule has 0 aliphatic carbocycles. The van der Waals surface area contributed by atoms with Gasteiger partial charge in [-0.05, 0) is 30.3 Å². The molecule has 5 nitrogen and oxygen atoms in total. The summed E-state index contributed by atoms with van der Waals surface area (Å²) in [5.74, 6) is 1.46. The van der Waals surface area contributed by atoms with Gasteiger partial charge in [-0.3, -0.25) is 4.79 Å². The quantitative estimate of drug-likeness (QED) is 0.484. The van der Waals surface area contributed by atoms with E-state index in [2.05, 4.69) is 11.1 Å². The van der Waals surface area contributed by atoms with Gasteiger partial charge in [0.05, 0.1) is 31.1 Å². The maximum Gasteiger partial charge on any atom is 0.173 e. The molecule has 1 aromatic heterocycles. The molecular formula is C20H16N2O3S. The summed E-state index contributed by atoms with van der Waals surface area (Å²) in [5.41, 5.74) is 1.74. The highest BCUT2D eigenvalue weighted by atomic mass is 32.2. The number of fused-ring (bicyclic) bond motifs is 1. The van der Waals surface area contributed by atoms with Gasteiger partial charge in [-0.15, -0.1) is 0 Å². The molecule has 0 spiro atoms. The van der Waals surface area contributed by atoms with Gasteiger partial charge in [0.25, 0.3) is 0 Å². The van der Waals surface area contributed by atoms with Crippen LogP contribution in [0.3, 0.4) is 0 Å². The van der Waals surface area contributed by atoms with Crippen molar-refractivity contribution in [3.63, 3.8) is 0 Å². The SMILES string of the molecule is COc1cccc(C(=O)CSc2nc3cc(OC)ccc3cc2C#N)c1. The standard InChI is InChI=1S/C20H16N2O3S/c1-24-16-5-3-4-14(9-16)19(23)12-26-20-15(11-21)8-13-6-7-17(25-2)10-18(13)22-20/h3-10H,12H2,1-2H3. The molecule has 3 aromatic rings. The maximum absolute atomic E-state index is 12.4. The van der Waals surface area contributed by atoms with Crippen molar-refractivity contribution in [2.24, 2.45) is 0 Å². The van der Waals surface area contributed by atoms with Crippen LogP contribution in [0.1, 0.15) is 15.9 Å². The van der Waals surface area contributed by atoms with Crippen molar-refractivity contribution in [3.05, 3.63) is 59.7 Å². The highest BCUT2D eigenvalue weighted by Crippen LogP contribution is 2.27. The normalized spacial score (nSPS) is 10.3. The predicted octanol–water partition coefficient (Wildman–Crippen LogP) is 4.10. The molecule has 0 aliphatic rings. The lowest BCUT2D eigenvalue weighted by atomic mass is 10.1. The minimum absolute atomic E-state index is 0.0506. The number of aromatic nitrogens is 1. The maximum atomic E-state index is 12.4. The zero-order valence-corrected chi connectivity index (χ0v) is 15.2. The first-order valence-corrected chi connectivity index (χ1v) is 8.82. The molecule has 0 bridgehead atoms. The Morgan fingerprint density at radius 1 is 1.12 bits per heavy atom. The van der Waals surface area contributed by atoms with Gasteiger partial charge in [-0.2, -0.15) is 5.26 Å². The number of carbonyl (C=O) groups excluding carboxylic acids is 1. The van der Waals surface area contributed by atoms with Crippen LogP contribution in [0.15, 0.2) is 53.6 Å². The van der Waals surface area contributed by atoms with Crippen molar-refractivity contribution in [3.8, 4) is 17.6 Å². The largest absolute Gasteiger partial charge is 0.497 e. The molecule has 0 amide bonds. The monoisotopic (exact) mass is 364 g/mol. The number of hydrogen-bond acceptors (Lipinski definition) is 6. The Labute approximate surface area is 155 Å². The number of ether oxygens (including phenoxy) is 2. The van der Waals surface area contributed by atoms with E-state index in [0.29, 0.717) is 27.7 Å². The molecule has 1 heterocycles. The molecule has 0 unspecified atom stereocenters. The summed E-state index contributed by atoms with van der Waals surface area (Å²) < 4.78 is 10.4. The minimum atomic E-state index is -0.0506. The summed E-state index contributed by atoms with van der Waals surface area (Å²) in [4.78, 5) is 17.0. The van der Waals surface area contributed by atoms with E-state index in [4.69, 9.17) is 9.47 Å². The van der Waals surface area contributed by atoms with E-state index in [1.807, 2.05) is 18.2 Å².